The van der Waals surface area contributed by atoms with Crippen molar-refractivity contribution in [3.63, 3.8) is 0 Å². The topological polar surface area (TPSA) is 129 Å². The second kappa shape index (κ2) is 10.5. The zero-order chi connectivity index (χ0) is 24.8. The van der Waals surface area contributed by atoms with E-state index >= 15 is 0 Å². The van der Waals surface area contributed by atoms with Crippen LogP contribution in [0.1, 0.15) is 22.3 Å². The summed E-state index contributed by atoms with van der Waals surface area (Å²) in [5.74, 6) is -2.05. The molecule has 9 heteroatoms. The number of nitrogens with zero attached hydrogens (tertiary/aromatic N) is 1. The number of carbonyl (C=O) groups is 3. The fraction of sp³-hybridized carbons (Fsp3) is 0.120. The lowest BCUT2D eigenvalue weighted by molar-refractivity contribution is -0.147. The average molecular weight is 478 g/mol. The number of amides is 2. The van der Waals surface area contributed by atoms with Gasteiger partial charge in [-0.2, -0.15) is 5.26 Å². The van der Waals surface area contributed by atoms with Crippen molar-refractivity contribution >= 4 is 40.8 Å². The Morgan fingerprint density at radius 3 is 2.44 bits per heavy atom. The third-order valence-electron chi connectivity index (χ3n) is 4.80. The summed E-state index contributed by atoms with van der Waals surface area (Å²) in [4.78, 5) is 34.6. The van der Waals surface area contributed by atoms with E-state index in [1.165, 1.54) is 12.1 Å². The monoisotopic (exact) mass is 477 g/mol. The second-order valence-electron chi connectivity index (χ2n) is 7.50. The molecule has 0 spiro atoms. The molecule has 34 heavy (non-hydrogen) atoms. The number of aliphatic carboxylic acids is 1. The summed E-state index contributed by atoms with van der Waals surface area (Å²) >= 11 is 6.04. The number of carboxylic acid groups (broad SMARTS) is 1. The molecule has 0 unspecified atom stereocenters. The minimum atomic E-state index is -1.59. The van der Waals surface area contributed by atoms with Gasteiger partial charge < -0.3 is 20.5 Å². The Morgan fingerprint density at radius 1 is 1.00 bits per heavy atom. The molecule has 0 aliphatic carbocycles. The summed E-state index contributed by atoms with van der Waals surface area (Å²) in [5.41, 5.74) is 3.42. The van der Waals surface area contributed by atoms with Gasteiger partial charge in [-0.15, -0.1) is 0 Å². The Bertz CT molecular complexity index is 1330. The van der Waals surface area contributed by atoms with Crippen LogP contribution in [0.3, 0.4) is 0 Å². The van der Waals surface area contributed by atoms with Gasteiger partial charge in [-0.3, -0.25) is 9.59 Å². The van der Waals surface area contributed by atoms with E-state index in [9.17, 15) is 14.4 Å². The fourth-order valence-electron chi connectivity index (χ4n) is 3.12. The van der Waals surface area contributed by atoms with Crippen molar-refractivity contribution in [2.75, 3.05) is 10.6 Å². The van der Waals surface area contributed by atoms with Crippen molar-refractivity contribution in [3.05, 3.63) is 81.9 Å². The fourth-order valence-corrected chi connectivity index (χ4v) is 3.35. The normalized spacial score (nSPS) is 10.2. The zero-order valence-corrected chi connectivity index (χ0v) is 19.1. The molecule has 0 radical (unpaired) electrons. The number of carbonyl (C=O) groups excluding carboxylic acids is 2. The van der Waals surface area contributed by atoms with Gasteiger partial charge in [0.25, 0.3) is 0 Å². The van der Waals surface area contributed by atoms with E-state index in [2.05, 4.69) is 10.6 Å². The van der Waals surface area contributed by atoms with E-state index in [-0.39, 0.29) is 12.3 Å². The SMILES string of the molecule is Cc1cc(NC(=O)C(=O)O)ccc1NC(=O)Cc1ccc(C)c(Oc2cc(Cl)cc(C#N)c2)c1. The molecule has 3 N–H and O–H groups in total. The Morgan fingerprint density at radius 2 is 1.76 bits per heavy atom. The number of benzene rings is 3. The van der Waals surface area contributed by atoms with Crippen LogP contribution >= 0.6 is 11.6 Å². The zero-order valence-electron chi connectivity index (χ0n) is 18.3. The minimum absolute atomic E-state index is 0.0760. The van der Waals surface area contributed by atoms with Crippen LogP contribution in [0.4, 0.5) is 11.4 Å². The molecule has 0 saturated carbocycles. The number of hydrogen-bond acceptors (Lipinski definition) is 5. The predicted molar refractivity (Wildman–Crippen MR) is 127 cm³/mol. The van der Waals surface area contributed by atoms with E-state index in [0.717, 1.165) is 5.56 Å². The molecule has 3 rings (SSSR count). The number of carboxylic acids is 1. The molecule has 0 fully saturated rings. The van der Waals surface area contributed by atoms with Gasteiger partial charge in [-0.05, 0) is 73.0 Å². The molecule has 0 aliphatic rings. The summed E-state index contributed by atoms with van der Waals surface area (Å²) in [6.45, 7) is 3.59. The van der Waals surface area contributed by atoms with Gasteiger partial charge in [0, 0.05) is 16.4 Å². The van der Waals surface area contributed by atoms with Crippen LogP contribution in [0.15, 0.2) is 54.6 Å². The van der Waals surface area contributed by atoms with E-state index in [1.807, 2.05) is 25.1 Å². The highest BCUT2D eigenvalue weighted by atomic mass is 35.5. The molecule has 0 heterocycles. The molecule has 0 bridgehead atoms. The van der Waals surface area contributed by atoms with E-state index in [0.29, 0.717) is 44.6 Å². The van der Waals surface area contributed by atoms with Gasteiger partial charge in [0.15, 0.2) is 0 Å². The van der Waals surface area contributed by atoms with Gasteiger partial charge in [-0.25, -0.2) is 4.79 Å². The Hall–Kier alpha value is -4.35. The van der Waals surface area contributed by atoms with Gasteiger partial charge >= 0.3 is 11.9 Å². The van der Waals surface area contributed by atoms with Gasteiger partial charge in [0.05, 0.1) is 18.1 Å². The Kier molecular flexibility index (Phi) is 7.51. The van der Waals surface area contributed by atoms with E-state index in [4.69, 9.17) is 26.7 Å². The number of anilines is 2. The number of ether oxygens (including phenoxy) is 1. The first-order chi connectivity index (χ1) is 16.1. The molecule has 3 aromatic carbocycles. The number of nitrogens with one attached hydrogen (secondary N) is 2. The quantitative estimate of drug-likeness (QED) is 0.436. The summed E-state index contributed by atoms with van der Waals surface area (Å²) < 4.78 is 5.91. The predicted octanol–water partition coefficient (Wildman–Crippen LogP) is 4.83. The number of halogens is 1. The number of nitriles is 1. The average Bonchev–Trinajstić information content (AvgIpc) is 2.77. The first-order valence-corrected chi connectivity index (χ1v) is 10.5. The lowest BCUT2D eigenvalue weighted by atomic mass is 10.1. The molecule has 2 amide bonds. The van der Waals surface area contributed by atoms with Crippen molar-refractivity contribution in [2.24, 2.45) is 0 Å². The van der Waals surface area contributed by atoms with Crippen LogP contribution in [-0.2, 0) is 20.8 Å². The van der Waals surface area contributed by atoms with Gasteiger partial charge in [-0.1, -0.05) is 23.7 Å². The van der Waals surface area contributed by atoms with Crippen LogP contribution in [0.2, 0.25) is 5.02 Å². The number of aryl methyl sites for hydroxylation is 2. The molecular formula is C25H20ClN3O5. The lowest BCUT2D eigenvalue weighted by Crippen LogP contribution is -2.22. The van der Waals surface area contributed by atoms with Crippen LogP contribution < -0.4 is 15.4 Å². The van der Waals surface area contributed by atoms with Crippen molar-refractivity contribution in [3.8, 4) is 17.6 Å². The highest BCUT2D eigenvalue weighted by Crippen LogP contribution is 2.29. The largest absolute Gasteiger partial charge is 0.474 e. The van der Waals surface area contributed by atoms with Crippen LogP contribution in [0.25, 0.3) is 0 Å². The van der Waals surface area contributed by atoms with Crippen LogP contribution in [0.5, 0.6) is 11.5 Å². The summed E-state index contributed by atoms with van der Waals surface area (Å²) in [6.07, 6.45) is 0.0760. The Balaban J connectivity index is 1.70. The summed E-state index contributed by atoms with van der Waals surface area (Å²) in [7, 11) is 0. The third-order valence-corrected chi connectivity index (χ3v) is 5.02. The highest BCUT2D eigenvalue weighted by Gasteiger charge is 2.13. The standard InChI is InChI=1S/C25H20ClN3O5/c1-14-3-4-16(10-22(14)34-20-9-17(13-27)8-18(26)12-20)11-23(30)29-21-6-5-19(7-15(21)2)28-24(31)25(32)33/h3-10,12H,11H2,1-2H3,(H,28,31)(H,29,30)(H,32,33). The number of hydrogen-bond donors (Lipinski definition) is 3. The van der Waals surface area contributed by atoms with Gasteiger partial charge in [0.1, 0.15) is 11.5 Å². The summed E-state index contributed by atoms with van der Waals surface area (Å²) in [5, 5.41) is 23.2. The minimum Gasteiger partial charge on any atom is -0.474 e. The van der Waals surface area contributed by atoms with Crippen molar-refractivity contribution in [1.82, 2.24) is 0 Å². The third kappa shape index (κ3) is 6.34. The number of rotatable bonds is 6. The molecule has 0 aromatic heterocycles. The van der Waals surface area contributed by atoms with Gasteiger partial charge in [0.2, 0.25) is 5.91 Å². The van der Waals surface area contributed by atoms with Crippen molar-refractivity contribution in [1.29, 1.82) is 5.26 Å². The molecule has 172 valence electrons. The molecular weight excluding hydrogens is 458 g/mol. The second-order valence-corrected chi connectivity index (χ2v) is 7.94. The first kappa shape index (κ1) is 24.3. The molecule has 8 nitrogen and oxygen atoms in total. The van der Waals surface area contributed by atoms with Crippen molar-refractivity contribution < 1.29 is 24.2 Å². The Labute approximate surface area is 200 Å². The molecule has 3 aromatic rings. The van der Waals surface area contributed by atoms with Crippen molar-refractivity contribution in [2.45, 2.75) is 20.3 Å². The lowest BCUT2D eigenvalue weighted by Gasteiger charge is -2.13. The highest BCUT2D eigenvalue weighted by molar-refractivity contribution is 6.36. The summed E-state index contributed by atoms with van der Waals surface area (Å²) in [6, 6.07) is 16.8. The maximum atomic E-state index is 12.6. The smallest absolute Gasteiger partial charge is 0.394 e. The first-order valence-electron chi connectivity index (χ1n) is 10.1. The molecule has 0 aliphatic heterocycles. The molecule has 0 saturated heterocycles. The maximum Gasteiger partial charge on any atom is 0.394 e. The molecule has 0 atom stereocenters. The van der Waals surface area contributed by atoms with E-state index < -0.39 is 11.9 Å². The van der Waals surface area contributed by atoms with E-state index in [1.54, 1.807) is 37.3 Å². The van der Waals surface area contributed by atoms with Crippen LogP contribution in [0, 0.1) is 25.2 Å². The van der Waals surface area contributed by atoms with Crippen LogP contribution in [-0.4, -0.2) is 22.9 Å². The maximum absolute atomic E-state index is 12.6.